The van der Waals surface area contributed by atoms with Crippen molar-refractivity contribution in [2.45, 2.75) is 12.8 Å². The fraction of sp³-hybridized carbons (Fsp3) is 0.188. The molecule has 1 atom stereocenters. The van der Waals surface area contributed by atoms with Gasteiger partial charge in [0.2, 0.25) is 0 Å². The molecule has 2 nitrogen and oxygen atoms in total. The number of ketones is 1. The second kappa shape index (κ2) is 4.50. The summed E-state index contributed by atoms with van der Waals surface area (Å²) >= 11 is 0. The molecular formula is C16H13FO2. The number of benzene rings is 2. The summed E-state index contributed by atoms with van der Waals surface area (Å²) in [4.78, 5) is 12.5. The topological polar surface area (TPSA) is 26.3 Å². The van der Waals surface area contributed by atoms with Gasteiger partial charge in [0.25, 0.3) is 0 Å². The lowest BCUT2D eigenvalue weighted by Crippen LogP contribution is -2.15. The van der Waals surface area contributed by atoms with Gasteiger partial charge >= 0.3 is 0 Å². The lowest BCUT2D eigenvalue weighted by molar-refractivity contribution is 0.0946. The van der Waals surface area contributed by atoms with Gasteiger partial charge in [-0.05, 0) is 30.7 Å². The molecule has 0 N–H and O–H groups in total. The predicted octanol–water partition coefficient (Wildman–Crippen LogP) is 3.49. The fourth-order valence-electron chi connectivity index (χ4n) is 2.43. The maximum atomic E-state index is 13.3. The molecule has 0 saturated carbocycles. The lowest BCUT2D eigenvalue weighted by Gasteiger charge is -2.10. The fourth-order valence-corrected chi connectivity index (χ4v) is 2.43. The van der Waals surface area contributed by atoms with Crippen molar-refractivity contribution >= 4 is 5.78 Å². The van der Waals surface area contributed by atoms with E-state index in [-0.39, 0.29) is 17.5 Å². The van der Waals surface area contributed by atoms with Crippen molar-refractivity contribution in [3.05, 3.63) is 65.0 Å². The third-order valence-corrected chi connectivity index (χ3v) is 3.48. The van der Waals surface area contributed by atoms with Gasteiger partial charge in [0.05, 0.1) is 5.92 Å². The molecule has 0 amide bonds. The molecule has 2 aromatic carbocycles. The van der Waals surface area contributed by atoms with E-state index in [0.717, 1.165) is 16.9 Å². The zero-order chi connectivity index (χ0) is 13.4. The Kier molecular flexibility index (Phi) is 2.82. The lowest BCUT2D eigenvalue weighted by atomic mass is 9.90. The molecule has 2 aromatic rings. The molecule has 0 bridgehead atoms. The van der Waals surface area contributed by atoms with Gasteiger partial charge in [-0.2, -0.15) is 0 Å². The van der Waals surface area contributed by atoms with Crippen molar-refractivity contribution in [2.24, 2.45) is 0 Å². The van der Waals surface area contributed by atoms with Gasteiger partial charge in [0.1, 0.15) is 18.2 Å². The third kappa shape index (κ3) is 2.01. The van der Waals surface area contributed by atoms with Gasteiger partial charge in [-0.3, -0.25) is 4.79 Å². The molecule has 1 heterocycles. The van der Waals surface area contributed by atoms with E-state index in [1.54, 1.807) is 6.07 Å². The highest BCUT2D eigenvalue weighted by Gasteiger charge is 2.31. The second-order valence-electron chi connectivity index (χ2n) is 4.72. The minimum absolute atomic E-state index is 0.0815. The van der Waals surface area contributed by atoms with Crippen molar-refractivity contribution in [3.8, 4) is 5.75 Å². The number of para-hydroxylation sites is 1. The largest absolute Gasteiger partial charge is 0.492 e. The van der Waals surface area contributed by atoms with Crippen LogP contribution in [0.4, 0.5) is 4.39 Å². The van der Waals surface area contributed by atoms with Crippen LogP contribution < -0.4 is 4.74 Å². The number of carbonyl (C=O) groups is 1. The van der Waals surface area contributed by atoms with E-state index >= 15 is 0 Å². The number of Topliss-reactive ketones (excluding diaryl/α,β-unsaturated/α-hetero) is 1. The van der Waals surface area contributed by atoms with Crippen LogP contribution in [0.15, 0.2) is 42.5 Å². The summed E-state index contributed by atoms with van der Waals surface area (Å²) in [5.74, 6) is -0.0605. The monoisotopic (exact) mass is 256 g/mol. The van der Waals surface area contributed by atoms with Crippen LogP contribution in [0.1, 0.15) is 27.4 Å². The van der Waals surface area contributed by atoms with Crippen LogP contribution in [-0.4, -0.2) is 12.4 Å². The highest BCUT2D eigenvalue weighted by Crippen LogP contribution is 2.36. The molecule has 1 unspecified atom stereocenters. The minimum Gasteiger partial charge on any atom is -0.492 e. The second-order valence-corrected chi connectivity index (χ2v) is 4.72. The van der Waals surface area contributed by atoms with Crippen LogP contribution in [0.3, 0.4) is 0 Å². The number of ether oxygens (including phenoxy) is 1. The number of rotatable bonds is 2. The predicted molar refractivity (Wildman–Crippen MR) is 70.1 cm³/mol. The maximum absolute atomic E-state index is 13.3. The molecule has 96 valence electrons. The Hall–Kier alpha value is -2.16. The molecule has 0 aliphatic carbocycles. The van der Waals surface area contributed by atoms with Crippen molar-refractivity contribution < 1.29 is 13.9 Å². The standard InChI is InChI=1S/C16H13FO2/c1-10-6-7-11(17)8-13(10)16(18)14-9-19-15-5-3-2-4-12(14)15/h2-8,14H,9H2,1H3. The molecular weight excluding hydrogens is 243 g/mol. The van der Waals surface area contributed by atoms with Gasteiger partial charge < -0.3 is 4.74 Å². The van der Waals surface area contributed by atoms with E-state index < -0.39 is 0 Å². The number of aryl methyl sites for hydroxylation is 1. The van der Waals surface area contributed by atoms with E-state index in [2.05, 4.69) is 0 Å². The van der Waals surface area contributed by atoms with Crippen molar-refractivity contribution in [3.63, 3.8) is 0 Å². The Morgan fingerprint density at radius 2 is 2.05 bits per heavy atom. The highest BCUT2D eigenvalue weighted by atomic mass is 19.1. The Morgan fingerprint density at radius 1 is 1.26 bits per heavy atom. The number of hydrogen-bond donors (Lipinski definition) is 0. The summed E-state index contributed by atoms with van der Waals surface area (Å²) in [7, 11) is 0. The van der Waals surface area contributed by atoms with Gasteiger partial charge in [-0.25, -0.2) is 4.39 Å². The van der Waals surface area contributed by atoms with Crippen LogP contribution >= 0.6 is 0 Å². The Labute approximate surface area is 110 Å². The highest BCUT2D eigenvalue weighted by molar-refractivity contribution is 6.03. The molecule has 3 heteroatoms. The molecule has 0 fully saturated rings. The molecule has 0 aromatic heterocycles. The SMILES string of the molecule is Cc1ccc(F)cc1C(=O)C1COc2ccccc21. The average Bonchev–Trinajstić information content (AvgIpc) is 2.84. The summed E-state index contributed by atoms with van der Waals surface area (Å²) in [6.45, 7) is 2.14. The Balaban J connectivity index is 2.00. The number of halogens is 1. The quantitative estimate of drug-likeness (QED) is 0.769. The normalized spacial score (nSPS) is 16.8. The van der Waals surface area contributed by atoms with E-state index in [4.69, 9.17) is 4.74 Å². The number of carbonyl (C=O) groups excluding carboxylic acids is 1. The molecule has 0 saturated heterocycles. The average molecular weight is 256 g/mol. The van der Waals surface area contributed by atoms with Crippen molar-refractivity contribution in [2.75, 3.05) is 6.61 Å². The van der Waals surface area contributed by atoms with Crippen LogP contribution in [0.25, 0.3) is 0 Å². The van der Waals surface area contributed by atoms with Gasteiger partial charge in [-0.15, -0.1) is 0 Å². The summed E-state index contributed by atoms with van der Waals surface area (Å²) in [5.41, 5.74) is 2.11. The van der Waals surface area contributed by atoms with Crippen LogP contribution in [0.5, 0.6) is 5.75 Å². The summed E-state index contributed by atoms with van der Waals surface area (Å²) in [6.07, 6.45) is 0. The Bertz CT molecular complexity index is 649. The smallest absolute Gasteiger partial charge is 0.174 e. The number of hydrogen-bond acceptors (Lipinski definition) is 2. The van der Waals surface area contributed by atoms with E-state index in [1.165, 1.54) is 12.1 Å². The zero-order valence-electron chi connectivity index (χ0n) is 10.5. The van der Waals surface area contributed by atoms with Crippen molar-refractivity contribution in [1.29, 1.82) is 0 Å². The minimum atomic E-state index is -0.388. The molecule has 3 rings (SSSR count). The first-order chi connectivity index (χ1) is 9.16. The maximum Gasteiger partial charge on any atom is 0.174 e. The van der Waals surface area contributed by atoms with Gasteiger partial charge in [-0.1, -0.05) is 24.3 Å². The van der Waals surface area contributed by atoms with E-state index in [9.17, 15) is 9.18 Å². The summed E-state index contributed by atoms with van der Waals surface area (Å²) in [6, 6.07) is 11.8. The summed E-state index contributed by atoms with van der Waals surface area (Å²) in [5, 5.41) is 0. The van der Waals surface area contributed by atoms with Gasteiger partial charge in [0, 0.05) is 11.1 Å². The van der Waals surface area contributed by atoms with E-state index in [1.807, 2.05) is 31.2 Å². The molecule has 1 aliphatic rings. The molecule has 1 aliphatic heterocycles. The van der Waals surface area contributed by atoms with Crippen LogP contribution in [0, 0.1) is 12.7 Å². The zero-order valence-corrected chi connectivity index (χ0v) is 10.5. The first kappa shape index (κ1) is 11.9. The number of fused-ring (bicyclic) bond motifs is 1. The molecule has 19 heavy (non-hydrogen) atoms. The van der Waals surface area contributed by atoms with Crippen LogP contribution in [0.2, 0.25) is 0 Å². The van der Waals surface area contributed by atoms with Gasteiger partial charge in [0.15, 0.2) is 5.78 Å². The first-order valence-corrected chi connectivity index (χ1v) is 6.19. The molecule has 0 radical (unpaired) electrons. The molecule has 0 spiro atoms. The summed E-state index contributed by atoms with van der Waals surface area (Å²) < 4.78 is 18.8. The Morgan fingerprint density at radius 3 is 2.89 bits per heavy atom. The van der Waals surface area contributed by atoms with Crippen LogP contribution in [-0.2, 0) is 0 Å². The third-order valence-electron chi connectivity index (χ3n) is 3.48. The first-order valence-electron chi connectivity index (χ1n) is 6.19. The van der Waals surface area contributed by atoms with Crippen molar-refractivity contribution in [1.82, 2.24) is 0 Å². The van der Waals surface area contributed by atoms with E-state index in [0.29, 0.717) is 12.2 Å².